The molecule has 0 aromatic heterocycles. The summed E-state index contributed by atoms with van der Waals surface area (Å²) in [6.45, 7) is 5.85. The molecule has 1 rings (SSSR count). The van der Waals surface area contributed by atoms with Gasteiger partial charge in [0, 0.05) is 5.56 Å². The number of aryl methyl sites for hydroxylation is 2. The molecule has 17 heavy (non-hydrogen) atoms. The van der Waals surface area contributed by atoms with Crippen molar-refractivity contribution in [1.82, 2.24) is 5.43 Å². The molecule has 1 N–H and O–H groups in total. The lowest BCUT2D eigenvalue weighted by Crippen LogP contribution is -2.18. The molecule has 0 fully saturated rings. The predicted octanol–water partition coefficient (Wildman–Crippen LogP) is 2.06. The van der Waals surface area contributed by atoms with E-state index in [4.69, 9.17) is 5.26 Å². The molecule has 0 aliphatic heterocycles. The number of hydrazone groups is 1. The van der Waals surface area contributed by atoms with E-state index in [2.05, 4.69) is 16.6 Å². The van der Waals surface area contributed by atoms with Gasteiger partial charge in [-0.2, -0.15) is 10.4 Å². The van der Waals surface area contributed by atoms with Crippen LogP contribution in [0.15, 0.2) is 23.3 Å². The third kappa shape index (κ3) is 3.72. The average molecular weight is 229 g/mol. The summed E-state index contributed by atoms with van der Waals surface area (Å²) in [4.78, 5) is 11.1. The normalized spacial score (nSPS) is 10.8. The van der Waals surface area contributed by atoms with Crippen molar-refractivity contribution >= 4 is 11.6 Å². The molecule has 0 atom stereocenters. The number of nitrogens with one attached hydrogen (secondary N) is 1. The highest BCUT2D eigenvalue weighted by Crippen LogP contribution is 2.11. The topological polar surface area (TPSA) is 65.2 Å². The summed E-state index contributed by atoms with van der Waals surface area (Å²) in [7, 11) is 0. The minimum Gasteiger partial charge on any atom is -0.272 e. The number of carbonyl (C=O) groups is 1. The Balaban J connectivity index is 2.82. The number of hydrogen-bond acceptors (Lipinski definition) is 3. The summed E-state index contributed by atoms with van der Waals surface area (Å²) in [6, 6.07) is 7.80. The third-order valence-electron chi connectivity index (χ3n) is 2.36. The first kappa shape index (κ1) is 12.9. The minimum absolute atomic E-state index is 0.177. The van der Waals surface area contributed by atoms with Gasteiger partial charge in [-0.1, -0.05) is 23.8 Å². The lowest BCUT2D eigenvalue weighted by atomic mass is 10.0. The van der Waals surface area contributed by atoms with Crippen LogP contribution in [-0.2, 0) is 4.79 Å². The Morgan fingerprint density at radius 1 is 1.47 bits per heavy atom. The Labute approximate surface area is 101 Å². The Hall–Kier alpha value is -2.15. The van der Waals surface area contributed by atoms with Crippen molar-refractivity contribution in [2.24, 2.45) is 5.10 Å². The number of amides is 1. The summed E-state index contributed by atoms with van der Waals surface area (Å²) in [6.07, 6.45) is -0.177. The highest BCUT2D eigenvalue weighted by atomic mass is 16.2. The minimum atomic E-state index is -0.392. The van der Waals surface area contributed by atoms with Gasteiger partial charge >= 0.3 is 0 Å². The van der Waals surface area contributed by atoms with E-state index in [1.54, 1.807) is 6.07 Å². The lowest BCUT2D eigenvalue weighted by molar-refractivity contribution is -0.120. The van der Waals surface area contributed by atoms with Crippen LogP contribution in [0.3, 0.4) is 0 Å². The molecule has 1 amide bonds. The molecule has 0 saturated heterocycles. The fourth-order valence-electron chi connectivity index (χ4n) is 1.54. The van der Waals surface area contributed by atoms with Crippen LogP contribution in [0.4, 0.5) is 0 Å². The zero-order valence-corrected chi connectivity index (χ0v) is 10.2. The van der Waals surface area contributed by atoms with Crippen LogP contribution >= 0.6 is 0 Å². The van der Waals surface area contributed by atoms with E-state index in [0.717, 1.165) is 16.8 Å². The van der Waals surface area contributed by atoms with Crippen molar-refractivity contribution in [2.75, 3.05) is 0 Å². The van der Waals surface area contributed by atoms with E-state index < -0.39 is 5.91 Å². The first-order valence-corrected chi connectivity index (χ1v) is 5.32. The number of benzene rings is 1. The van der Waals surface area contributed by atoms with Crippen molar-refractivity contribution in [2.45, 2.75) is 27.2 Å². The highest BCUT2D eigenvalue weighted by Gasteiger charge is 2.03. The van der Waals surface area contributed by atoms with Gasteiger partial charge in [-0.3, -0.25) is 4.79 Å². The van der Waals surface area contributed by atoms with E-state index >= 15 is 0 Å². The van der Waals surface area contributed by atoms with Crippen molar-refractivity contribution < 1.29 is 4.79 Å². The molecular weight excluding hydrogens is 214 g/mol. The number of rotatable bonds is 3. The summed E-state index contributed by atoms with van der Waals surface area (Å²) in [5, 5.41) is 12.3. The first-order valence-electron chi connectivity index (χ1n) is 5.32. The van der Waals surface area contributed by atoms with Crippen LogP contribution in [0.5, 0.6) is 0 Å². The van der Waals surface area contributed by atoms with Gasteiger partial charge < -0.3 is 0 Å². The van der Waals surface area contributed by atoms with E-state index in [0.29, 0.717) is 0 Å². The maximum atomic E-state index is 11.1. The second-order valence-corrected chi connectivity index (χ2v) is 3.89. The van der Waals surface area contributed by atoms with Crippen LogP contribution in [0.25, 0.3) is 0 Å². The van der Waals surface area contributed by atoms with E-state index in [9.17, 15) is 4.79 Å². The number of carbonyl (C=O) groups excluding carboxylic acids is 1. The molecule has 0 bridgehead atoms. The Kier molecular flexibility index (Phi) is 4.41. The molecule has 0 heterocycles. The maximum absolute atomic E-state index is 11.1. The maximum Gasteiger partial charge on any atom is 0.254 e. The van der Waals surface area contributed by atoms with Gasteiger partial charge in [0.25, 0.3) is 5.91 Å². The van der Waals surface area contributed by atoms with Crippen LogP contribution < -0.4 is 5.43 Å². The fourth-order valence-corrected chi connectivity index (χ4v) is 1.54. The quantitative estimate of drug-likeness (QED) is 0.636. The SMILES string of the molecule is C/C(=N/NC(=O)CC#N)c1ccc(C)cc1C. The van der Waals surface area contributed by atoms with Crippen molar-refractivity contribution in [1.29, 1.82) is 5.26 Å². The van der Waals surface area contributed by atoms with Crippen molar-refractivity contribution in [3.63, 3.8) is 0 Å². The number of nitrogens with zero attached hydrogens (tertiary/aromatic N) is 2. The van der Waals surface area contributed by atoms with Gasteiger partial charge in [-0.25, -0.2) is 5.43 Å². The second kappa shape index (κ2) is 5.80. The molecule has 0 aliphatic carbocycles. The Bertz CT molecular complexity index is 498. The van der Waals surface area contributed by atoms with Gasteiger partial charge in [0.15, 0.2) is 0 Å². The van der Waals surface area contributed by atoms with Crippen molar-refractivity contribution in [3.05, 3.63) is 34.9 Å². The fraction of sp³-hybridized carbons (Fsp3) is 0.308. The summed E-state index contributed by atoms with van der Waals surface area (Å²) < 4.78 is 0. The zero-order valence-electron chi connectivity index (χ0n) is 10.2. The Morgan fingerprint density at radius 3 is 2.76 bits per heavy atom. The number of hydrogen-bond donors (Lipinski definition) is 1. The third-order valence-corrected chi connectivity index (χ3v) is 2.36. The van der Waals surface area contributed by atoms with Crippen LogP contribution in [0, 0.1) is 25.2 Å². The molecule has 4 nitrogen and oxygen atoms in total. The smallest absolute Gasteiger partial charge is 0.254 e. The van der Waals surface area contributed by atoms with Gasteiger partial charge in [0.1, 0.15) is 6.42 Å². The molecular formula is C13H15N3O. The second-order valence-electron chi connectivity index (χ2n) is 3.89. The molecule has 88 valence electrons. The van der Waals surface area contributed by atoms with Crippen LogP contribution in [0.2, 0.25) is 0 Å². The average Bonchev–Trinajstić information content (AvgIpc) is 2.26. The first-order chi connectivity index (χ1) is 8.04. The predicted molar refractivity (Wildman–Crippen MR) is 66.5 cm³/mol. The summed E-state index contributed by atoms with van der Waals surface area (Å²) in [5.74, 6) is -0.392. The molecule has 0 radical (unpaired) electrons. The van der Waals surface area contributed by atoms with Gasteiger partial charge in [0.05, 0.1) is 11.8 Å². The molecule has 0 saturated carbocycles. The van der Waals surface area contributed by atoms with E-state index in [1.807, 2.05) is 32.9 Å². The highest BCUT2D eigenvalue weighted by molar-refractivity contribution is 6.00. The van der Waals surface area contributed by atoms with Gasteiger partial charge in [-0.15, -0.1) is 0 Å². The summed E-state index contributed by atoms with van der Waals surface area (Å²) >= 11 is 0. The van der Waals surface area contributed by atoms with E-state index in [-0.39, 0.29) is 6.42 Å². The lowest BCUT2D eigenvalue weighted by Gasteiger charge is -2.06. The molecule has 1 aromatic rings. The van der Waals surface area contributed by atoms with Crippen LogP contribution in [-0.4, -0.2) is 11.6 Å². The largest absolute Gasteiger partial charge is 0.272 e. The standard InChI is InChI=1S/C13H15N3O/c1-9-4-5-12(10(2)8-9)11(3)15-16-13(17)6-7-14/h4-5,8H,6H2,1-3H3,(H,16,17)/b15-11-. The monoisotopic (exact) mass is 229 g/mol. The van der Waals surface area contributed by atoms with Gasteiger partial charge in [-0.05, 0) is 26.3 Å². The Morgan fingerprint density at radius 2 is 2.18 bits per heavy atom. The number of nitriles is 1. The zero-order chi connectivity index (χ0) is 12.8. The molecule has 0 aliphatic rings. The molecule has 0 unspecified atom stereocenters. The summed E-state index contributed by atoms with van der Waals surface area (Å²) in [5.41, 5.74) is 6.37. The van der Waals surface area contributed by atoms with Gasteiger partial charge in [0.2, 0.25) is 0 Å². The molecule has 4 heteroatoms. The molecule has 0 spiro atoms. The van der Waals surface area contributed by atoms with Crippen LogP contribution in [0.1, 0.15) is 30.0 Å². The van der Waals surface area contributed by atoms with E-state index in [1.165, 1.54) is 5.56 Å². The molecule has 1 aromatic carbocycles. The van der Waals surface area contributed by atoms with Crippen molar-refractivity contribution in [3.8, 4) is 6.07 Å².